The molecule has 0 saturated carbocycles. The number of benzene rings is 3. The molecule has 43 heavy (non-hydrogen) atoms. The van der Waals surface area contributed by atoms with Crippen molar-refractivity contribution in [2.75, 3.05) is 17.2 Å². The first-order valence-corrected chi connectivity index (χ1v) is 14.2. The molecular weight excluding hydrogens is 564 g/mol. The highest BCUT2D eigenvalue weighted by molar-refractivity contribution is 6.33. The third kappa shape index (κ3) is 5.93. The van der Waals surface area contributed by atoms with Gasteiger partial charge in [0, 0.05) is 17.5 Å². The van der Waals surface area contributed by atoms with Gasteiger partial charge in [-0.2, -0.15) is 4.98 Å². The van der Waals surface area contributed by atoms with E-state index in [1.54, 1.807) is 35.3 Å². The van der Waals surface area contributed by atoms with Crippen LogP contribution >= 0.6 is 11.6 Å². The Hall–Kier alpha value is -5.15. The van der Waals surface area contributed by atoms with Gasteiger partial charge >= 0.3 is 0 Å². The Morgan fingerprint density at radius 1 is 1.00 bits per heavy atom. The maximum absolute atomic E-state index is 13.9. The van der Waals surface area contributed by atoms with Crippen molar-refractivity contribution in [3.8, 4) is 22.9 Å². The molecule has 0 fully saturated rings. The van der Waals surface area contributed by atoms with Gasteiger partial charge in [-0.05, 0) is 61.4 Å². The lowest BCUT2D eigenvalue weighted by atomic mass is 9.94. The van der Waals surface area contributed by atoms with Crippen LogP contribution in [0.3, 0.4) is 0 Å². The summed E-state index contributed by atoms with van der Waals surface area (Å²) in [6.07, 6.45) is 3.25. The Kier molecular flexibility index (Phi) is 8.06. The molecule has 3 aromatic carbocycles. The summed E-state index contributed by atoms with van der Waals surface area (Å²) in [6.45, 7) is 4.59. The van der Waals surface area contributed by atoms with E-state index in [9.17, 15) is 4.79 Å². The number of carbonyl (C=O) groups is 1. The van der Waals surface area contributed by atoms with Crippen molar-refractivity contribution in [3.63, 3.8) is 0 Å². The number of pyridine rings is 1. The summed E-state index contributed by atoms with van der Waals surface area (Å²) in [7, 11) is 0. The predicted molar refractivity (Wildman–Crippen MR) is 166 cm³/mol. The average Bonchev–Trinajstić information content (AvgIpc) is 3.44. The van der Waals surface area contributed by atoms with Crippen LogP contribution in [0.5, 0.6) is 11.5 Å². The van der Waals surface area contributed by atoms with E-state index in [1.165, 1.54) is 0 Å². The van der Waals surface area contributed by atoms with Gasteiger partial charge in [0.25, 0.3) is 5.91 Å². The number of amides is 1. The molecule has 5 aromatic rings. The molecule has 0 radical (unpaired) electrons. The zero-order valence-corrected chi connectivity index (χ0v) is 24.4. The molecule has 9 nitrogen and oxygen atoms in total. The minimum atomic E-state index is -0.640. The van der Waals surface area contributed by atoms with E-state index >= 15 is 0 Å². The normalized spacial score (nSPS) is 14.1. The first kappa shape index (κ1) is 28.0. The Labute approximate surface area is 254 Å². The fourth-order valence-electron chi connectivity index (χ4n) is 4.96. The smallest absolute Gasteiger partial charge is 0.255 e. The lowest BCUT2D eigenvalue weighted by Gasteiger charge is -2.29. The van der Waals surface area contributed by atoms with Crippen molar-refractivity contribution in [3.05, 3.63) is 125 Å². The number of nitrogens with zero attached hydrogens (tertiary/aromatic N) is 4. The van der Waals surface area contributed by atoms with E-state index in [1.807, 2.05) is 80.6 Å². The maximum Gasteiger partial charge on any atom is 0.255 e. The summed E-state index contributed by atoms with van der Waals surface area (Å²) >= 11 is 6.50. The Morgan fingerprint density at radius 2 is 1.81 bits per heavy atom. The molecule has 6 rings (SSSR count). The van der Waals surface area contributed by atoms with E-state index < -0.39 is 6.04 Å². The van der Waals surface area contributed by atoms with E-state index in [2.05, 4.69) is 15.6 Å². The quantitative estimate of drug-likeness (QED) is 0.192. The molecule has 216 valence electrons. The van der Waals surface area contributed by atoms with Crippen molar-refractivity contribution in [2.45, 2.75) is 26.5 Å². The number of allylic oxidation sites excluding steroid dienone is 1. The molecule has 0 bridgehead atoms. The molecule has 3 heterocycles. The summed E-state index contributed by atoms with van der Waals surface area (Å²) < 4.78 is 13.9. The number of hydrogen-bond acceptors (Lipinski definition) is 7. The second-order valence-corrected chi connectivity index (χ2v) is 10.3. The number of ether oxygens (including phenoxy) is 2. The van der Waals surface area contributed by atoms with Crippen LogP contribution in [0.1, 0.15) is 31.0 Å². The van der Waals surface area contributed by atoms with Gasteiger partial charge in [0.05, 0.1) is 29.1 Å². The van der Waals surface area contributed by atoms with Gasteiger partial charge in [0.15, 0.2) is 17.3 Å². The van der Waals surface area contributed by atoms with Crippen molar-refractivity contribution in [2.24, 2.45) is 0 Å². The molecule has 1 atom stereocenters. The topological polar surface area (TPSA) is 103 Å². The monoisotopic (exact) mass is 592 g/mol. The minimum Gasteiger partial charge on any atom is -0.490 e. The van der Waals surface area contributed by atoms with Crippen LogP contribution in [0.2, 0.25) is 5.02 Å². The second kappa shape index (κ2) is 12.4. The number of hydrogen-bond donors (Lipinski definition) is 2. The average molecular weight is 593 g/mol. The summed E-state index contributed by atoms with van der Waals surface area (Å²) in [5.74, 6) is 1.78. The predicted octanol–water partition coefficient (Wildman–Crippen LogP) is 6.90. The van der Waals surface area contributed by atoms with Gasteiger partial charge in [-0.3, -0.25) is 9.78 Å². The van der Waals surface area contributed by atoms with Gasteiger partial charge in [-0.25, -0.2) is 4.68 Å². The fourth-order valence-corrected chi connectivity index (χ4v) is 5.18. The molecule has 10 heteroatoms. The number of fused-ring (bicyclic) bond motifs is 1. The number of anilines is 2. The highest BCUT2D eigenvalue weighted by Crippen LogP contribution is 2.40. The molecule has 0 aliphatic carbocycles. The largest absolute Gasteiger partial charge is 0.490 e. The third-order valence-corrected chi connectivity index (χ3v) is 7.28. The maximum atomic E-state index is 13.9. The molecule has 0 saturated heterocycles. The highest BCUT2D eigenvalue weighted by atomic mass is 35.5. The number of halogens is 1. The summed E-state index contributed by atoms with van der Waals surface area (Å²) in [5.41, 5.74) is 4.17. The van der Waals surface area contributed by atoms with Crippen molar-refractivity contribution < 1.29 is 14.3 Å². The lowest BCUT2D eigenvalue weighted by molar-refractivity contribution is -0.113. The van der Waals surface area contributed by atoms with Gasteiger partial charge in [0.2, 0.25) is 5.95 Å². The van der Waals surface area contributed by atoms with Crippen LogP contribution in [0.25, 0.3) is 11.4 Å². The molecule has 2 N–H and O–H groups in total. The molecule has 1 unspecified atom stereocenters. The number of nitrogens with one attached hydrogen (secondary N) is 2. The van der Waals surface area contributed by atoms with Crippen molar-refractivity contribution >= 4 is 29.1 Å². The number of rotatable bonds is 9. The Bertz CT molecular complexity index is 1790. The van der Waals surface area contributed by atoms with Crippen LogP contribution in [0.15, 0.2) is 109 Å². The van der Waals surface area contributed by atoms with E-state index in [-0.39, 0.29) is 5.91 Å². The first-order chi connectivity index (χ1) is 21.0. The van der Waals surface area contributed by atoms with E-state index in [4.69, 9.17) is 31.2 Å². The molecule has 0 spiro atoms. The molecular formula is C33H29ClN6O3. The van der Waals surface area contributed by atoms with Crippen molar-refractivity contribution in [1.29, 1.82) is 0 Å². The van der Waals surface area contributed by atoms with Crippen LogP contribution in [-0.2, 0) is 11.4 Å². The Morgan fingerprint density at radius 3 is 2.58 bits per heavy atom. The van der Waals surface area contributed by atoms with E-state index in [0.717, 1.165) is 11.1 Å². The molecule has 1 aliphatic rings. The third-order valence-electron chi connectivity index (χ3n) is 6.95. The van der Waals surface area contributed by atoms with Gasteiger partial charge in [-0.1, -0.05) is 60.1 Å². The zero-order chi connectivity index (χ0) is 29.8. The number of aromatic nitrogens is 4. The first-order valence-electron chi connectivity index (χ1n) is 13.9. The summed E-state index contributed by atoms with van der Waals surface area (Å²) in [6, 6.07) is 25.9. The van der Waals surface area contributed by atoms with Gasteiger partial charge in [0.1, 0.15) is 12.6 Å². The molecule has 2 aromatic heterocycles. The zero-order valence-electron chi connectivity index (χ0n) is 23.6. The second-order valence-electron chi connectivity index (χ2n) is 9.86. The minimum absolute atomic E-state index is 0.300. The summed E-state index contributed by atoms with van der Waals surface area (Å²) in [4.78, 5) is 22.7. The van der Waals surface area contributed by atoms with Gasteiger partial charge < -0.3 is 20.1 Å². The molecule has 1 aliphatic heterocycles. The van der Waals surface area contributed by atoms with Crippen LogP contribution in [0, 0.1) is 0 Å². The van der Waals surface area contributed by atoms with Crippen LogP contribution in [0.4, 0.5) is 11.6 Å². The van der Waals surface area contributed by atoms with Gasteiger partial charge in [-0.15, -0.1) is 5.10 Å². The molecule has 1 amide bonds. The Balaban J connectivity index is 1.42. The number of carbonyl (C=O) groups excluding carboxylic acids is 1. The lowest BCUT2D eigenvalue weighted by Crippen LogP contribution is -2.31. The highest BCUT2D eigenvalue weighted by Gasteiger charge is 2.35. The van der Waals surface area contributed by atoms with Crippen LogP contribution < -0.4 is 20.1 Å². The fraction of sp³-hybridized carbons (Fsp3) is 0.152. The van der Waals surface area contributed by atoms with Crippen LogP contribution in [-0.4, -0.2) is 32.3 Å². The standard InChI is InChI=1S/C33H29ClN6O3/c1-3-42-28-18-23(15-16-27(28)43-20-22-10-5-4-6-11-22)30-29(32(41)37-24-12-9-17-35-19-24)21(2)36-33-38-31(39-40(30)33)25-13-7-8-14-26(25)34/h4-19,30H,3,20H2,1-2H3,(H,37,41)(H,36,38,39). The van der Waals surface area contributed by atoms with Crippen molar-refractivity contribution in [1.82, 2.24) is 19.7 Å². The summed E-state index contributed by atoms with van der Waals surface area (Å²) in [5, 5.41) is 11.6. The SMILES string of the molecule is CCOc1cc(C2C(C(=O)Nc3cccnc3)=C(C)Nc3nc(-c4ccccc4Cl)nn32)ccc1OCc1ccccc1. The van der Waals surface area contributed by atoms with E-state index in [0.29, 0.717) is 64.0 Å².